The predicted molar refractivity (Wildman–Crippen MR) is 75.0 cm³/mol. The molecule has 1 fully saturated rings. The van der Waals surface area contributed by atoms with Crippen LogP contribution >= 0.6 is 0 Å². The van der Waals surface area contributed by atoms with E-state index in [1.54, 1.807) is 6.07 Å². The minimum atomic E-state index is -0.494. The van der Waals surface area contributed by atoms with Crippen molar-refractivity contribution < 1.29 is 14.2 Å². The summed E-state index contributed by atoms with van der Waals surface area (Å²) in [6.07, 6.45) is 3.97. The van der Waals surface area contributed by atoms with Gasteiger partial charge in [0.15, 0.2) is 0 Å². The van der Waals surface area contributed by atoms with Crippen molar-refractivity contribution in [3.05, 3.63) is 35.1 Å². The molecule has 0 spiro atoms. The minimum Gasteiger partial charge on any atom is -0.389 e. The Morgan fingerprint density at radius 2 is 2.20 bits per heavy atom. The second kappa shape index (κ2) is 6.20. The predicted octanol–water partition coefficient (Wildman–Crippen LogP) is 2.19. The highest BCUT2D eigenvalue weighted by Crippen LogP contribution is 2.31. The molecule has 0 aliphatic heterocycles. The molecular formula is C16H22FNO2. The van der Waals surface area contributed by atoms with Crippen LogP contribution in [0, 0.1) is 11.7 Å². The summed E-state index contributed by atoms with van der Waals surface area (Å²) in [4.78, 5) is 0. The van der Waals surface area contributed by atoms with Crippen LogP contribution in [0.2, 0.25) is 0 Å². The van der Waals surface area contributed by atoms with Crippen LogP contribution < -0.4 is 5.32 Å². The quantitative estimate of drug-likeness (QED) is 0.804. The number of fused-ring (bicyclic) bond motifs is 1. The molecule has 0 amide bonds. The Morgan fingerprint density at radius 3 is 3.00 bits per heavy atom. The Kier molecular flexibility index (Phi) is 4.34. The van der Waals surface area contributed by atoms with E-state index in [4.69, 9.17) is 4.74 Å². The average molecular weight is 279 g/mol. The molecule has 1 aromatic rings. The van der Waals surface area contributed by atoms with Crippen molar-refractivity contribution in [2.24, 2.45) is 5.92 Å². The molecule has 3 rings (SSSR count). The van der Waals surface area contributed by atoms with Crippen molar-refractivity contribution >= 4 is 0 Å². The van der Waals surface area contributed by atoms with Crippen LogP contribution in [0.3, 0.4) is 0 Å². The summed E-state index contributed by atoms with van der Waals surface area (Å²) in [5.41, 5.74) is 2.25. The Hall–Kier alpha value is -0.970. The Morgan fingerprint density at radius 1 is 1.35 bits per heavy atom. The molecule has 2 aliphatic carbocycles. The number of hydrogen-bond acceptors (Lipinski definition) is 3. The molecule has 4 heteroatoms. The van der Waals surface area contributed by atoms with Gasteiger partial charge >= 0.3 is 0 Å². The summed E-state index contributed by atoms with van der Waals surface area (Å²) in [6, 6.07) is 5.14. The molecule has 0 heterocycles. The first kappa shape index (κ1) is 14.0. The topological polar surface area (TPSA) is 41.5 Å². The molecule has 110 valence electrons. The zero-order chi connectivity index (χ0) is 13.9. The van der Waals surface area contributed by atoms with Gasteiger partial charge in [-0.3, -0.25) is 0 Å². The summed E-state index contributed by atoms with van der Waals surface area (Å²) >= 11 is 0. The van der Waals surface area contributed by atoms with Crippen LogP contribution in [0.15, 0.2) is 18.2 Å². The molecule has 2 N–H and O–H groups in total. The average Bonchev–Trinajstić information content (AvgIpc) is 3.16. The Bertz CT molecular complexity index is 462. The van der Waals surface area contributed by atoms with Gasteiger partial charge in [-0.05, 0) is 54.9 Å². The Labute approximate surface area is 119 Å². The van der Waals surface area contributed by atoms with Crippen molar-refractivity contribution in [2.45, 2.75) is 37.8 Å². The van der Waals surface area contributed by atoms with Gasteiger partial charge in [-0.2, -0.15) is 0 Å². The third-order valence-electron chi connectivity index (χ3n) is 4.15. The number of ether oxygens (including phenoxy) is 1. The fraction of sp³-hybridized carbons (Fsp3) is 0.625. The van der Waals surface area contributed by atoms with Gasteiger partial charge in [-0.15, -0.1) is 0 Å². The minimum absolute atomic E-state index is 0.152. The van der Waals surface area contributed by atoms with Crippen molar-refractivity contribution in [1.29, 1.82) is 0 Å². The maximum Gasteiger partial charge on any atom is 0.123 e. The van der Waals surface area contributed by atoms with Crippen molar-refractivity contribution in [3.8, 4) is 0 Å². The van der Waals surface area contributed by atoms with Crippen LogP contribution in [0.4, 0.5) is 4.39 Å². The molecule has 0 aromatic heterocycles. The number of rotatable bonds is 7. The zero-order valence-corrected chi connectivity index (χ0v) is 11.6. The maximum absolute atomic E-state index is 13.3. The summed E-state index contributed by atoms with van der Waals surface area (Å²) < 4.78 is 18.8. The first-order valence-electron chi connectivity index (χ1n) is 7.50. The number of aryl methyl sites for hydroxylation is 1. The second-order valence-corrected chi connectivity index (χ2v) is 5.98. The molecule has 1 saturated carbocycles. The van der Waals surface area contributed by atoms with E-state index in [0.29, 0.717) is 13.2 Å². The molecular weight excluding hydrogens is 257 g/mol. The van der Waals surface area contributed by atoms with E-state index in [1.807, 2.05) is 6.07 Å². The maximum atomic E-state index is 13.3. The molecule has 0 radical (unpaired) electrons. The number of halogens is 1. The number of hydrogen-bond donors (Lipinski definition) is 2. The third-order valence-corrected chi connectivity index (χ3v) is 4.15. The zero-order valence-electron chi connectivity index (χ0n) is 11.6. The van der Waals surface area contributed by atoms with E-state index in [1.165, 1.54) is 24.5 Å². The van der Waals surface area contributed by atoms with Crippen molar-refractivity contribution in [2.75, 3.05) is 19.8 Å². The summed E-state index contributed by atoms with van der Waals surface area (Å²) in [6.45, 7) is 1.64. The van der Waals surface area contributed by atoms with Crippen molar-refractivity contribution in [1.82, 2.24) is 5.32 Å². The van der Waals surface area contributed by atoms with Gasteiger partial charge in [0.1, 0.15) is 5.82 Å². The smallest absolute Gasteiger partial charge is 0.123 e. The highest BCUT2D eigenvalue weighted by atomic mass is 19.1. The SMILES string of the molecule is O[C@H](CN[C@@H]1CCc2ccc(F)cc21)COCC1CC1. The van der Waals surface area contributed by atoms with Crippen LogP contribution in [-0.4, -0.2) is 31.0 Å². The van der Waals surface area contributed by atoms with E-state index in [-0.39, 0.29) is 11.9 Å². The standard InChI is InChI=1S/C16H22FNO2/c17-13-5-3-12-4-6-16(15(12)7-13)18-8-14(19)10-20-9-11-1-2-11/h3,5,7,11,14,16,18-19H,1-2,4,6,8-10H2/t14-,16-/m1/s1. The van der Waals surface area contributed by atoms with Gasteiger partial charge in [0.2, 0.25) is 0 Å². The molecule has 1 aromatic carbocycles. The van der Waals surface area contributed by atoms with Gasteiger partial charge in [0, 0.05) is 19.2 Å². The summed E-state index contributed by atoms with van der Waals surface area (Å²) in [7, 11) is 0. The third kappa shape index (κ3) is 3.57. The normalized spacial score (nSPS) is 22.8. The molecule has 2 atom stereocenters. The summed E-state index contributed by atoms with van der Waals surface area (Å²) in [5.74, 6) is 0.533. The van der Waals surface area contributed by atoms with Crippen LogP contribution in [0.5, 0.6) is 0 Å². The van der Waals surface area contributed by atoms with E-state index >= 15 is 0 Å². The van der Waals surface area contributed by atoms with Gasteiger partial charge in [0.25, 0.3) is 0 Å². The fourth-order valence-electron chi connectivity index (χ4n) is 2.78. The summed E-state index contributed by atoms with van der Waals surface area (Å²) in [5, 5.41) is 13.2. The van der Waals surface area contributed by atoms with E-state index in [9.17, 15) is 9.50 Å². The van der Waals surface area contributed by atoms with Crippen LogP contribution in [0.25, 0.3) is 0 Å². The lowest BCUT2D eigenvalue weighted by Crippen LogP contribution is -2.32. The van der Waals surface area contributed by atoms with Gasteiger partial charge in [-0.25, -0.2) is 4.39 Å². The molecule has 20 heavy (non-hydrogen) atoms. The van der Waals surface area contributed by atoms with Gasteiger partial charge in [0.05, 0.1) is 12.7 Å². The van der Waals surface area contributed by atoms with E-state index in [0.717, 1.165) is 30.9 Å². The monoisotopic (exact) mass is 279 g/mol. The number of aliphatic hydroxyl groups is 1. The Balaban J connectivity index is 1.43. The van der Waals surface area contributed by atoms with E-state index < -0.39 is 6.10 Å². The largest absolute Gasteiger partial charge is 0.389 e. The molecule has 0 bridgehead atoms. The van der Waals surface area contributed by atoms with Crippen LogP contribution in [-0.2, 0) is 11.2 Å². The molecule has 0 saturated heterocycles. The molecule has 2 aliphatic rings. The van der Waals surface area contributed by atoms with Crippen molar-refractivity contribution in [3.63, 3.8) is 0 Å². The fourth-order valence-corrected chi connectivity index (χ4v) is 2.78. The first-order valence-corrected chi connectivity index (χ1v) is 7.50. The second-order valence-electron chi connectivity index (χ2n) is 5.98. The van der Waals surface area contributed by atoms with Gasteiger partial charge < -0.3 is 15.2 Å². The van der Waals surface area contributed by atoms with E-state index in [2.05, 4.69) is 5.32 Å². The lowest BCUT2D eigenvalue weighted by molar-refractivity contribution is 0.0312. The number of aliphatic hydroxyl groups excluding tert-OH is 1. The molecule has 3 nitrogen and oxygen atoms in total. The number of benzene rings is 1. The highest BCUT2D eigenvalue weighted by Gasteiger charge is 2.24. The highest BCUT2D eigenvalue weighted by molar-refractivity contribution is 5.34. The molecule has 0 unspecified atom stereocenters. The van der Waals surface area contributed by atoms with Gasteiger partial charge in [-0.1, -0.05) is 6.07 Å². The lowest BCUT2D eigenvalue weighted by Gasteiger charge is -2.17. The number of nitrogens with one attached hydrogen (secondary N) is 1. The lowest BCUT2D eigenvalue weighted by atomic mass is 10.1. The van der Waals surface area contributed by atoms with Crippen LogP contribution in [0.1, 0.15) is 36.4 Å². The first-order chi connectivity index (χ1) is 9.72.